The molecular formula is C13H12FNO2. The van der Waals surface area contributed by atoms with Crippen LogP contribution in [-0.4, -0.2) is 11.8 Å². The van der Waals surface area contributed by atoms with Gasteiger partial charge in [0, 0.05) is 6.42 Å². The Morgan fingerprint density at radius 2 is 2.12 bits per heavy atom. The highest BCUT2D eigenvalue weighted by atomic mass is 19.1. The lowest BCUT2D eigenvalue weighted by Gasteiger charge is -2.32. The molecule has 1 fully saturated rings. The minimum Gasteiger partial charge on any atom is -0.296 e. The minimum atomic E-state index is -0.813. The summed E-state index contributed by atoms with van der Waals surface area (Å²) in [5.74, 6) is -0.877. The number of carbonyl (C=O) groups is 2. The highest BCUT2D eigenvalue weighted by Crippen LogP contribution is 2.42. The van der Waals surface area contributed by atoms with E-state index in [2.05, 4.69) is 5.32 Å². The van der Waals surface area contributed by atoms with Crippen LogP contribution in [0.15, 0.2) is 18.2 Å². The maximum Gasteiger partial charge on any atom is 0.237 e. The normalized spacial score (nSPS) is 27.1. The molecule has 0 aromatic heterocycles. The summed E-state index contributed by atoms with van der Waals surface area (Å²) in [6, 6.07) is 4.54. The summed E-state index contributed by atoms with van der Waals surface area (Å²) < 4.78 is 13.3. The van der Waals surface area contributed by atoms with Crippen molar-refractivity contribution in [1.29, 1.82) is 0 Å². The highest BCUT2D eigenvalue weighted by Gasteiger charge is 2.49. The first-order chi connectivity index (χ1) is 8.12. The second-order valence-corrected chi connectivity index (χ2v) is 4.79. The number of carbonyl (C=O) groups excluding carboxylic acids is 2. The molecule has 1 spiro atoms. The molecule has 2 amide bonds. The molecule has 1 saturated heterocycles. The van der Waals surface area contributed by atoms with Crippen molar-refractivity contribution in [2.45, 2.75) is 31.1 Å². The molecule has 1 aromatic carbocycles. The quantitative estimate of drug-likeness (QED) is 0.689. The second-order valence-electron chi connectivity index (χ2n) is 4.79. The van der Waals surface area contributed by atoms with E-state index in [1.807, 2.05) is 0 Å². The standard InChI is InChI=1S/C13H12FNO2/c14-9-4-3-8-2-1-5-13(10(8)6-9)7-11(16)15-12(13)17/h3-4,6H,1-2,5,7H2,(H,15,16,17). The van der Waals surface area contributed by atoms with Gasteiger partial charge in [-0.15, -0.1) is 0 Å². The van der Waals surface area contributed by atoms with Crippen LogP contribution < -0.4 is 5.32 Å². The van der Waals surface area contributed by atoms with E-state index in [1.54, 1.807) is 6.07 Å². The molecule has 0 radical (unpaired) electrons. The molecule has 88 valence electrons. The number of amides is 2. The molecule has 1 aromatic rings. The van der Waals surface area contributed by atoms with Crippen LogP contribution in [0.2, 0.25) is 0 Å². The summed E-state index contributed by atoms with van der Waals surface area (Å²) in [6.45, 7) is 0. The van der Waals surface area contributed by atoms with Gasteiger partial charge in [-0.25, -0.2) is 4.39 Å². The first kappa shape index (κ1) is 10.4. The summed E-state index contributed by atoms with van der Waals surface area (Å²) in [5.41, 5.74) is 0.877. The number of halogens is 1. The fraction of sp³-hybridized carbons (Fsp3) is 0.385. The molecule has 0 bridgehead atoms. The second kappa shape index (κ2) is 3.39. The van der Waals surface area contributed by atoms with E-state index >= 15 is 0 Å². The molecule has 4 heteroatoms. The maximum absolute atomic E-state index is 13.3. The Balaban J connectivity index is 2.19. The predicted octanol–water partition coefficient (Wildman–Crippen LogP) is 1.45. The van der Waals surface area contributed by atoms with Crippen LogP contribution in [0.1, 0.15) is 30.4 Å². The van der Waals surface area contributed by atoms with Crippen LogP contribution in [0.4, 0.5) is 4.39 Å². The Morgan fingerprint density at radius 1 is 1.29 bits per heavy atom. The van der Waals surface area contributed by atoms with E-state index < -0.39 is 5.41 Å². The van der Waals surface area contributed by atoms with E-state index in [4.69, 9.17) is 0 Å². The number of imide groups is 1. The Hall–Kier alpha value is -1.71. The number of nitrogens with one attached hydrogen (secondary N) is 1. The molecule has 1 N–H and O–H groups in total. The third-order valence-electron chi connectivity index (χ3n) is 3.79. The molecule has 3 nitrogen and oxygen atoms in total. The third-order valence-corrected chi connectivity index (χ3v) is 3.79. The Labute approximate surface area is 98.0 Å². The molecule has 0 saturated carbocycles. The number of hydrogen-bond donors (Lipinski definition) is 1. The maximum atomic E-state index is 13.3. The number of benzene rings is 1. The summed E-state index contributed by atoms with van der Waals surface area (Å²) in [6.07, 6.45) is 2.49. The van der Waals surface area contributed by atoms with Crippen molar-refractivity contribution in [1.82, 2.24) is 5.32 Å². The van der Waals surface area contributed by atoms with Crippen molar-refractivity contribution in [3.05, 3.63) is 35.1 Å². The number of rotatable bonds is 0. The first-order valence-electron chi connectivity index (χ1n) is 5.75. The van der Waals surface area contributed by atoms with Crippen molar-refractivity contribution in [3.63, 3.8) is 0 Å². The number of hydrogen-bond acceptors (Lipinski definition) is 2. The Kier molecular flexibility index (Phi) is 2.08. The van der Waals surface area contributed by atoms with Crippen LogP contribution in [0.25, 0.3) is 0 Å². The van der Waals surface area contributed by atoms with Gasteiger partial charge < -0.3 is 0 Å². The van der Waals surface area contributed by atoms with Crippen molar-refractivity contribution in [2.24, 2.45) is 0 Å². The molecule has 1 atom stereocenters. The van der Waals surface area contributed by atoms with Gasteiger partial charge in [-0.05, 0) is 42.5 Å². The lowest BCUT2D eigenvalue weighted by Crippen LogP contribution is -2.38. The van der Waals surface area contributed by atoms with Crippen molar-refractivity contribution < 1.29 is 14.0 Å². The van der Waals surface area contributed by atoms with Crippen molar-refractivity contribution in [3.8, 4) is 0 Å². The highest BCUT2D eigenvalue weighted by molar-refractivity contribution is 6.09. The van der Waals surface area contributed by atoms with Gasteiger partial charge in [0.15, 0.2) is 0 Å². The zero-order valence-corrected chi connectivity index (χ0v) is 9.25. The molecular weight excluding hydrogens is 221 g/mol. The van der Waals surface area contributed by atoms with E-state index in [9.17, 15) is 14.0 Å². The predicted molar refractivity (Wildman–Crippen MR) is 58.8 cm³/mol. The summed E-state index contributed by atoms with van der Waals surface area (Å²) in [7, 11) is 0. The summed E-state index contributed by atoms with van der Waals surface area (Å²) >= 11 is 0. The zero-order valence-electron chi connectivity index (χ0n) is 9.25. The smallest absolute Gasteiger partial charge is 0.237 e. The molecule has 1 aliphatic carbocycles. The van der Waals surface area contributed by atoms with Crippen molar-refractivity contribution >= 4 is 11.8 Å². The van der Waals surface area contributed by atoms with Gasteiger partial charge in [0.25, 0.3) is 0 Å². The molecule has 3 rings (SSSR count). The summed E-state index contributed by atoms with van der Waals surface area (Å²) in [5, 5.41) is 2.34. The molecule has 1 unspecified atom stereocenters. The number of aryl methyl sites for hydroxylation is 1. The topological polar surface area (TPSA) is 46.2 Å². The van der Waals surface area contributed by atoms with E-state index in [0.29, 0.717) is 12.0 Å². The fourth-order valence-corrected chi connectivity index (χ4v) is 2.99. The monoisotopic (exact) mass is 233 g/mol. The Morgan fingerprint density at radius 3 is 2.82 bits per heavy atom. The van der Waals surface area contributed by atoms with Gasteiger partial charge in [-0.2, -0.15) is 0 Å². The lowest BCUT2D eigenvalue weighted by molar-refractivity contribution is -0.126. The van der Waals surface area contributed by atoms with E-state index in [0.717, 1.165) is 18.4 Å². The van der Waals surface area contributed by atoms with Crippen LogP contribution in [0.5, 0.6) is 0 Å². The first-order valence-corrected chi connectivity index (χ1v) is 5.75. The fourth-order valence-electron chi connectivity index (χ4n) is 2.99. The Bertz CT molecular complexity index is 526. The SMILES string of the molecule is O=C1CC2(CCCc3ccc(F)cc32)C(=O)N1. The van der Waals surface area contributed by atoms with Gasteiger partial charge in [0.05, 0.1) is 5.41 Å². The third kappa shape index (κ3) is 1.40. The zero-order chi connectivity index (χ0) is 12.0. The van der Waals surface area contributed by atoms with Gasteiger partial charge in [0.2, 0.25) is 11.8 Å². The lowest BCUT2D eigenvalue weighted by atomic mass is 9.69. The largest absolute Gasteiger partial charge is 0.296 e. The van der Waals surface area contributed by atoms with Crippen molar-refractivity contribution in [2.75, 3.05) is 0 Å². The van der Waals surface area contributed by atoms with Gasteiger partial charge in [-0.3, -0.25) is 14.9 Å². The van der Waals surface area contributed by atoms with Gasteiger partial charge >= 0.3 is 0 Å². The van der Waals surface area contributed by atoms with Crippen LogP contribution >= 0.6 is 0 Å². The molecule has 2 aliphatic rings. The minimum absolute atomic E-state index is 0.155. The van der Waals surface area contributed by atoms with E-state index in [-0.39, 0.29) is 24.1 Å². The van der Waals surface area contributed by atoms with Crippen LogP contribution in [-0.2, 0) is 21.4 Å². The van der Waals surface area contributed by atoms with Crippen LogP contribution in [0.3, 0.4) is 0 Å². The number of fused-ring (bicyclic) bond motifs is 2. The molecule has 1 aliphatic heterocycles. The average Bonchev–Trinajstić information content (AvgIpc) is 2.56. The average molecular weight is 233 g/mol. The van der Waals surface area contributed by atoms with Crippen LogP contribution in [0, 0.1) is 5.82 Å². The molecule has 17 heavy (non-hydrogen) atoms. The van der Waals surface area contributed by atoms with Gasteiger partial charge in [-0.1, -0.05) is 6.07 Å². The summed E-state index contributed by atoms with van der Waals surface area (Å²) in [4.78, 5) is 23.4. The molecule has 1 heterocycles. The van der Waals surface area contributed by atoms with Gasteiger partial charge in [0.1, 0.15) is 5.82 Å². The van der Waals surface area contributed by atoms with E-state index in [1.165, 1.54) is 12.1 Å².